The predicted octanol–water partition coefficient (Wildman–Crippen LogP) is 4.18. The summed E-state index contributed by atoms with van der Waals surface area (Å²) in [4.78, 5) is 39.5. The normalized spacial score (nSPS) is 11.7. The minimum absolute atomic E-state index is 0.0863. The maximum absolute atomic E-state index is 12.8. The van der Waals surface area contributed by atoms with E-state index in [9.17, 15) is 14.4 Å². The molecular formula is C22H22ClN5O3S. The number of anilines is 2. The number of halogens is 1. The second kappa shape index (κ2) is 9.97. The molecule has 0 bridgehead atoms. The zero-order valence-corrected chi connectivity index (χ0v) is 19.5. The lowest BCUT2D eigenvalue weighted by Gasteiger charge is -2.14. The lowest BCUT2D eigenvalue weighted by atomic mass is 10.0. The number of H-pyrrole nitrogens is 1. The number of carbonyl (C=O) groups is 2. The molecule has 1 atom stereocenters. The number of nitrogens with one attached hydrogen (secondary N) is 3. The molecule has 0 saturated heterocycles. The van der Waals surface area contributed by atoms with Crippen molar-refractivity contribution in [1.29, 1.82) is 0 Å². The van der Waals surface area contributed by atoms with Gasteiger partial charge in [0.05, 0.1) is 10.9 Å². The molecule has 32 heavy (non-hydrogen) atoms. The number of aromatic amines is 1. The maximum atomic E-state index is 12.8. The van der Waals surface area contributed by atoms with Crippen molar-refractivity contribution in [2.45, 2.75) is 38.1 Å². The molecule has 1 heterocycles. The topological polar surface area (TPSA) is 117 Å². The van der Waals surface area contributed by atoms with Gasteiger partial charge in [0, 0.05) is 23.2 Å². The van der Waals surface area contributed by atoms with Crippen LogP contribution < -0.4 is 16.2 Å². The molecule has 3 rings (SSSR count). The van der Waals surface area contributed by atoms with Gasteiger partial charge in [0.15, 0.2) is 10.9 Å². The molecule has 2 aromatic carbocycles. The van der Waals surface area contributed by atoms with E-state index in [2.05, 4.69) is 25.8 Å². The highest BCUT2D eigenvalue weighted by Crippen LogP contribution is 2.30. The molecule has 0 aliphatic rings. The number of amides is 2. The SMILES string of the molecule is CC(=O)Nc1c(C)cc(C)cc1-c1nnc(SC(C)C(=O)Nc2ccc(Cl)cc2)[nH]c1=O. The van der Waals surface area contributed by atoms with Crippen LogP contribution in [-0.4, -0.2) is 32.2 Å². The van der Waals surface area contributed by atoms with Gasteiger partial charge in [0.1, 0.15) is 0 Å². The Labute approximate surface area is 194 Å². The summed E-state index contributed by atoms with van der Waals surface area (Å²) in [5.74, 6) is -0.512. The Morgan fingerprint density at radius 3 is 2.41 bits per heavy atom. The molecule has 0 aliphatic carbocycles. The van der Waals surface area contributed by atoms with Crippen LogP contribution in [0.3, 0.4) is 0 Å². The number of thioether (sulfide) groups is 1. The van der Waals surface area contributed by atoms with Gasteiger partial charge < -0.3 is 10.6 Å². The standard InChI is InChI=1S/C22H22ClN5O3S/c1-11-9-12(2)18(24-14(4)29)17(10-11)19-21(31)26-22(28-27-19)32-13(3)20(30)25-16-7-5-15(23)6-8-16/h5-10,13H,1-4H3,(H,24,29)(H,25,30)(H,26,28,31). The molecule has 3 aromatic rings. The number of hydrogen-bond acceptors (Lipinski definition) is 6. The van der Waals surface area contributed by atoms with E-state index in [1.165, 1.54) is 6.92 Å². The molecule has 2 amide bonds. The Bertz CT molecular complexity index is 1230. The first-order valence-corrected chi connectivity index (χ1v) is 11.0. The lowest BCUT2D eigenvalue weighted by molar-refractivity contribution is -0.115. The lowest BCUT2D eigenvalue weighted by Crippen LogP contribution is -2.23. The first kappa shape index (κ1) is 23.5. The van der Waals surface area contributed by atoms with E-state index in [1.54, 1.807) is 37.3 Å². The van der Waals surface area contributed by atoms with Gasteiger partial charge in [-0.2, -0.15) is 0 Å². The van der Waals surface area contributed by atoms with E-state index < -0.39 is 10.8 Å². The summed E-state index contributed by atoms with van der Waals surface area (Å²) >= 11 is 6.93. The molecule has 8 nitrogen and oxygen atoms in total. The summed E-state index contributed by atoms with van der Waals surface area (Å²) < 4.78 is 0. The second-order valence-electron chi connectivity index (χ2n) is 7.25. The van der Waals surface area contributed by atoms with Gasteiger partial charge in [-0.25, -0.2) is 0 Å². The van der Waals surface area contributed by atoms with Crippen LogP contribution in [0.5, 0.6) is 0 Å². The highest BCUT2D eigenvalue weighted by atomic mass is 35.5. The maximum Gasteiger partial charge on any atom is 0.278 e. The molecule has 3 N–H and O–H groups in total. The molecule has 10 heteroatoms. The first-order valence-electron chi connectivity index (χ1n) is 9.73. The third-order valence-electron chi connectivity index (χ3n) is 4.48. The van der Waals surface area contributed by atoms with Crippen LogP contribution in [-0.2, 0) is 9.59 Å². The summed E-state index contributed by atoms with van der Waals surface area (Å²) in [5.41, 5.74) is 2.95. The smallest absolute Gasteiger partial charge is 0.278 e. The van der Waals surface area contributed by atoms with Crippen molar-refractivity contribution in [1.82, 2.24) is 15.2 Å². The van der Waals surface area contributed by atoms with Gasteiger partial charge in [-0.05, 0) is 56.7 Å². The van der Waals surface area contributed by atoms with Crippen LogP contribution in [0.1, 0.15) is 25.0 Å². The van der Waals surface area contributed by atoms with Crippen LogP contribution in [0.4, 0.5) is 11.4 Å². The Morgan fingerprint density at radius 2 is 1.78 bits per heavy atom. The van der Waals surface area contributed by atoms with E-state index in [0.717, 1.165) is 22.9 Å². The van der Waals surface area contributed by atoms with E-state index in [0.29, 0.717) is 22.0 Å². The highest BCUT2D eigenvalue weighted by Gasteiger charge is 2.19. The number of hydrogen-bond donors (Lipinski definition) is 3. The van der Waals surface area contributed by atoms with Crippen molar-refractivity contribution in [3.63, 3.8) is 0 Å². The monoisotopic (exact) mass is 471 g/mol. The Morgan fingerprint density at radius 1 is 1.09 bits per heavy atom. The van der Waals surface area contributed by atoms with Crippen molar-refractivity contribution < 1.29 is 9.59 Å². The average molecular weight is 472 g/mol. The molecule has 0 fully saturated rings. The summed E-state index contributed by atoms with van der Waals surface area (Å²) in [5, 5.41) is 14.0. The quantitative estimate of drug-likeness (QED) is 0.464. The number of aryl methyl sites for hydroxylation is 2. The molecule has 0 saturated carbocycles. The fourth-order valence-corrected chi connectivity index (χ4v) is 3.91. The van der Waals surface area contributed by atoms with Gasteiger partial charge in [0.2, 0.25) is 11.8 Å². The predicted molar refractivity (Wildman–Crippen MR) is 127 cm³/mol. The summed E-state index contributed by atoms with van der Waals surface area (Å²) in [6.07, 6.45) is 0. The van der Waals surface area contributed by atoms with Gasteiger partial charge >= 0.3 is 0 Å². The van der Waals surface area contributed by atoms with E-state index in [1.807, 2.05) is 19.9 Å². The third-order valence-corrected chi connectivity index (χ3v) is 5.71. The van der Waals surface area contributed by atoms with Gasteiger partial charge in [-0.3, -0.25) is 19.4 Å². The zero-order chi connectivity index (χ0) is 23.4. The van der Waals surface area contributed by atoms with Gasteiger partial charge in [-0.15, -0.1) is 10.2 Å². The average Bonchev–Trinajstić information content (AvgIpc) is 2.71. The van der Waals surface area contributed by atoms with Crippen LogP contribution in [0.2, 0.25) is 5.02 Å². The second-order valence-corrected chi connectivity index (χ2v) is 9.02. The summed E-state index contributed by atoms with van der Waals surface area (Å²) in [6.45, 7) is 6.83. The minimum Gasteiger partial charge on any atom is -0.325 e. The van der Waals surface area contributed by atoms with Crippen molar-refractivity contribution in [2.75, 3.05) is 10.6 Å². The van der Waals surface area contributed by atoms with Crippen LogP contribution in [0, 0.1) is 13.8 Å². The minimum atomic E-state index is -0.544. The summed E-state index contributed by atoms with van der Waals surface area (Å²) in [7, 11) is 0. The first-order chi connectivity index (χ1) is 15.1. The van der Waals surface area contributed by atoms with E-state index >= 15 is 0 Å². The molecule has 166 valence electrons. The number of rotatable bonds is 6. The van der Waals surface area contributed by atoms with Crippen molar-refractivity contribution in [3.8, 4) is 11.3 Å². The fraction of sp³-hybridized carbons (Fsp3) is 0.227. The number of aromatic nitrogens is 3. The van der Waals surface area contributed by atoms with Crippen molar-refractivity contribution >= 4 is 46.6 Å². The van der Waals surface area contributed by atoms with Crippen LogP contribution in [0.15, 0.2) is 46.3 Å². The highest BCUT2D eigenvalue weighted by molar-refractivity contribution is 8.00. The van der Waals surface area contributed by atoms with E-state index in [-0.39, 0.29) is 22.7 Å². The number of nitrogens with zero attached hydrogens (tertiary/aromatic N) is 2. The largest absolute Gasteiger partial charge is 0.325 e. The van der Waals surface area contributed by atoms with Gasteiger partial charge in [0.25, 0.3) is 5.56 Å². The van der Waals surface area contributed by atoms with E-state index in [4.69, 9.17) is 11.6 Å². The van der Waals surface area contributed by atoms with Crippen LogP contribution >= 0.6 is 23.4 Å². The Kier molecular flexibility index (Phi) is 7.32. The molecule has 1 aromatic heterocycles. The molecular weight excluding hydrogens is 450 g/mol. The molecule has 0 radical (unpaired) electrons. The van der Waals surface area contributed by atoms with Crippen molar-refractivity contribution in [3.05, 3.63) is 62.9 Å². The molecule has 0 aliphatic heterocycles. The van der Waals surface area contributed by atoms with Crippen molar-refractivity contribution in [2.24, 2.45) is 0 Å². The van der Waals surface area contributed by atoms with Gasteiger partial charge in [-0.1, -0.05) is 35.0 Å². The fourth-order valence-electron chi connectivity index (χ4n) is 3.05. The summed E-state index contributed by atoms with van der Waals surface area (Å²) in [6, 6.07) is 10.4. The molecule has 1 unspecified atom stereocenters. The number of carbonyl (C=O) groups excluding carboxylic acids is 2. The number of benzene rings is 2. The third kappa shape index (κ3) is 5.74. The van der Waals surface area contributed by atoms with Crippen LogP contribution in [0.25, 0.3) is 11.3 Å². The Hall–Kier alpha value is -3.17. The molecule has 0 spiro atoms. The zero-order valence-electron chi connectivity index (χ0n) is 17.9. The Balaban J connectivity index is 1.81.